The largest absolute Gasteiger partial charge is 0.497 e. The maximum atomic E-state index is 12.1. The quantitative estimate of drug-likeness (QED) is 0.706. The summed E-state index contributed by atoms with van der Waals surface area (Å²) in [6.45, 7) is 2.54. The molecule has 0 bridgehead atoms. The minimum Gasteiger partial charge on any atom is -0.497 e. The number of nitrogens with zero attached hydrogens (tertiary/aromatic N) is 4. The summed E-state index contributed by atoms with van der Waals surface area (Å²) in [6, 6.07) is 15.6. The van der Waals surface area contributed by atoms with E-state index in [1.165, 1.54) is 10.4 Å². The van der Waals surface area contributed by atoms with Gasteiger partial charge in [0, 0.05) is 12.1 Å². The van der Waals surface area contributed by atoms with Crippen molar-refractivity contribution in [3.05, 3.63) is 59.7 Å². The van der Waals surface area contributed by atoms with Gasteiger partial charge >= 0.3 is 0 Å². The normalized spacial score (nSPS) is 10.5. The minimum atomic E-state index is -0.182. The van der Waals surface area contributed by atoms with Crippen LogP contribution < -0.4 is 10.1 Å². The molecule has 0 spiro atoms. The van der Waals surface area contributed by atoms with E-state index in [1.54, 1.807) is 7.11 Å². The second-order valence-corrected chi connectivity index (χ2v) is 5.82. The van der Waals surface area contributed by atoms with E-state index in [4.69, 9.17) is 4.74 Å². The summed E-state index contributed by atoms with van der Waals surface area (Å²) in [5.74, 6) is 1.08. The van der Waals surface area contributed by atoms with Gasteiger partial charge in [-0.1, -0.05) is 43.3 Å². The number of ether oxygens (including phenoxy) is 1. The van der Waals surface area contributed by atoms with Gasteiger partial charge in [0.05, 0.1) is 7.11 Å². The molecule has 0 radical (unpaired) electrons. The van der Waals surface area contributed by atoms with Crippen LogP contribution in [0.5, 0.6) is 5.75 Å². The van der Waals surface area contributed by atoms with Gasteiger partial charge in [0.15, 0.2) is 0 Å². The summed E-state index contributed by atoms with van der Waals surface area (Å²) in [5.41, 5.74) is 3.09. The van der Waals surface area contributed by atoms with Crippen LogP contribution >= 0.6 is 0 Å². The van der Waals surface area contributed by atoms with Gasteiger partial charge in [-0.2, -0.15) is 4.80 Å². The number of benzene rings is 2. The highest BCUT2D eigenvalue weighted by Crippen LogP contribution is 2.15. The van der Waals surface area contributed by atoms with Crippen LogP contribution in [0.1, 0.15) is 18.1 Å². The van der Waals surface area contributed by atoms with E-state index in [2.05, 4.69) is 27.7 Å². The number of tetrazole rings is 1. The number of methoxy groups -OCH3 is 1. The molecular weight excluding hydrogens is 330 g/mol. The summed E-state index contributed by atoms with van der Waals surface area (Å²) in [4.78, 5) is 13.4. The Morgan fingerprint density at radius 3 is 2.69 bits per heavy atom. The molecule has 7 heteroatoms. The highest BCUT2D eigenvalue weighted by atomic mass is 16.5. The average Bonchev–Trinajstić information content (AvgIpc) is 3.15. The lowest BCUT2D eigenvalue weighted by atomic mass is 10.1. The molecule has 0 atom stereocenters. The molecule has 0 aliphatic heterocycles. The maximum absolute atomic E-state index is 12.1. The zero-order valence-electron chi connectivity index (χ0n) is 14.8. The van der Waals surface area contributed by atoms with Crippen molar-refractivity contribution in [2.75, 3.05) is 7.11 Å². The van der Waals surface area contributed by atoms with Crippen molar-refractivity contribution in [2.45, 2.75) is 26.4 Å². The number of amides is 1. The van der Waals surface area contributed by atoms with Crippen molar-refractivity contribution in [3.8, 4) is 17.1 Å². The van der Waals surface area contributed by atoms with Gasteiger partial charge in [0.2, 0.25) is 11.7 Å². The molecule has 3 aromatic rings. The van der Waals surface area contributed by atoms with Crippen molar-refractivity contribution >= 4 is 5.91 Å². The van der Waals surface area contributed by atoms with Crippen molar-refractivity contribution in [3.63, 3.8) is 0 Å². The molecule has 7 nitrogen and oxygen atoms in total. The fourth-order valence-electron chi connectivity index (χ4n) is 2.48. The topological polar surface area (TPSA) is 81.9 Å². The number of nitrogens with one attached hydrogen (secondary N) is 1. The molecule has 1 aromatic heterocycles. The first-order valence-electron chi connectivity index (χ1n) is 8.44. The first kappa shape index (κ1) is 17.6. The molecule has 26 heavy (non-hydrogen) atoms. The first-order chi connectivity index (χ1) is 12.7. The standard InChI is InChI=1S/C19H21N5O2/c1-3-14-7-9-16(10-8-14)19-21-23-24(22-19)13-18(25)20-12-15-5-4-6-17(11-15)26-2/h4-11H,3,12-13H2,1-2H3,(H,20,25). The number of aromatic nitrogens is 4. The van der Waals surface area contributed by atoms with Crippen molar-refractivity contribution in [1.29, 1.82) is 0 Å². The van der Waals surface area contributed by atoms with E-state index in [-0.39, 0.29) is 12.5 Å². The molecule has 0 saturated carbocycles. The van der Waals surface area contributed by atoms with E-state index in [0.717, 1.165) is 23.3 Å². The van der Waals surface area contributed by atoms with Gasteiger partial charge in [-0.25, -0.2) is 0 Å². The summed E-state index contributed by atoms with van der Waals surface area (Å²) < 4.78 is 5.17. The molecule has 1 N–H and O–H groups in total. The molecule has 1 amide bonds. The number of carbonyl (C=O) groups is 1. The molecule has 0 saturated heterocycles. The molecule has 134 valence electrons. The number of aryl methyl sites for hydroxylation is 1. The van der Waals surface area contributed by atoms with Crippen LogP contribution in [0.3, 0.4) is 0 Å². The van der Waals surface area contributed by atoms with Crippen molar-refractivity contribution in [2.24, 2.45) is 0 Å². The number of hydrogen-bond donors (Lipinski definition) is 1. The zero-order chi connectivity index (χ0) is 18.4. The van der Waals surface area contributed by atoms with Crippen LogP contribution in [0, 0.1) is 0 Å². The summed E-state index contributed by atoms with van der Waals surface area (Å²) >= 11 is 0. The summed E-state index contributed by atoms with van der Waals surface area (Å²) in [5, 5.41) is 15.1. The Balaban J connectivity index is 1.56. The predicted molar refractivity (Wildman–Crippen MR) is 97.5 cm³/mol. The fraction of sp³-hybridized carbons (Fsp3) is 0.263. The van der Waals surface area contributed by atoms with Gasteiger partial charge in [-0.05, 0) is 34.9 Å². The lowest BCUT2D eigenvalue weighted by molar-refractivity contribution is -0.122. The van der Waals surface area contributed by atoms with Crippen LogP contribution in [0.2, 0.25) is 0 Å². The third-order valence-electron chi connectivity index (χ3n) is 3.98. The zero-order valence-corrected chi connectivity index (χ0v) is 14.8. The molecule has 0 aliphatic carbocycles. The van der Waals surface area contributed by atoms with Crippen LogP contribution in [0.4, 0.5) is 0 Å². The predicted octanol–water partition coefficient (Wildman–Crippen LogP) is 2.23. The third kappa shape index (κ3) is 4.44. The third-order valence-corrected chi connectivity index (χ3v) is 3.98. The molecule has 0 aliphatic rings. The van der Waals surface area contributed by atoms with Crippen LogP contribution in [-0.2, 0) is 24.3 Å². The fourth-order valence-corrected chi connectivity index (χ4v) is 2.48. The molecule has 1 heterocycles. The molecular formula is C19H21N5O2. The second kappa shape index (κ2) is 8.24. The molecule has 2 aromatic carbocycles. The minimum absolute atomic E-state index is 0.0179. The van der Waals surface area contributed by atoms with Gasteiger partial charge in [0.25, 0.3) is 0 Å². The monoisotopic (exact) mass is 351 g/mol. The lowest BCUT2D eigenvalue weighted by Gasteiger charge is -2.06. The van der Waals surface area contributed by atoms with E-state index < -0.39 is 0 Å². The number of rotatable bonds is 7. The Kier molecular flexibility index (Phi) is 5.58. The Morgan fingerprint density at radius 1 is 1.15 bits per heavy atom. The average molecular weight is 351 g/mol. The summed E-state index contributed by atoms with van der Waals surface area (Å²) in [7, 11) is 1.61. The van der Waals surface area contributed by atoms with Gasteiger partial charge < -0.3 is 10.1 Å². The Labute approximate surface area is 152 Å². The van der Waals surface area contributed by atoms with Crippen molar-refractivity contribution in [1.82, 2.24) is 25.5 Å². The Morgan fingerprint density at radius 2 is 1.96 bits per heavy atom. The highest BCUT2D eigenvalue weighted by Gasteiger charge is 2.09. The lowest BCUT2D eigenvalue weighted by Crippen LogP contribution is -2.28. The van der Waals surface area contributed by atoms with E-state index >= 15 is 0 Å². The second-order valence-electron chi connectivity index (χ2n) is 5.82. The number of carbonyl (C=O) groups excluding carboxylic acids is 1. The van der Waals surface area contributed by atoms with Crippen LogP contribution in [0.15, 0.2) is 48.5 Å². The van der Waals surface area contributed by atoms with Gasteiger partial charge in [-0.15, -0.1) is 10.2 Å². The van der Waals surface area contributed by atoms with Crippen LogP contribution in [0.25, 0.3) is 11.4 Å². The van der Waals surface area contributed by atoms with E-state index in [9.17, 15) is 4.79 Å². The molecule has 3 rings (SSSR count). The molecule has 0 fully saturated rings. The molecule has 0 unspecified atom stereocenters. The van der Waals surface area contributed by atoms with Crippen LogP contribution in [-0.4, -0.2) is 33.2 Å². The Bertz CT molecular complexity index is 874. The van der Waals surface area contributed by atoms with Gasteiger partial charge in [0.1, 0.15) is 12.3 Å². The smallest absolute Gasteiger partial charge is 0.243 e. The van der Waals surface area contributed by atoms with Gasteiger partial charge in [-0.3, -0.25) is 4.79 Å². The first-order valence-corrected chi connectivity index (χ1v) is 8.44. The SMILES string of the molecule is CCc1ccc(-c2nnn(CC(=O)NCc3cccc(OC)c3)n2)cc1. The number of hydrogen-bond acceptors (Lipinski definition) is 5. The van der Waals surface area contributed by atoms with E-state index in [1.807, 2.05) is 48.5 Å². The maximum Gasteiger partial charge on any atom is 0.243 e. The summed E-state index contributed by atoms with van der Waals surface area (Å²) in [6.07, 6.45) is 0.980. The Hall–Kier alpha value is -3.22. The van der Waals surface area contributed by atoms with E-state index in [0.29, 0.717) is 12.4 Å². The highest BCUT2D eigenvalue weighted by molar-refractivity contribution is 5.75. The van der Waals surface area contributed by atoms with Crippen molar-refractivity contribution < 1.29 is 9.53 Å².